The topological polar surface area (TPSA) is 30.5 Å². The Hall–Kier alpha value is -2.08. The van der Waals surface area contributed by atoms with Crippen LogP contribution < -0.4 is 26.1 Å². The number of unbranched alkanes of at least 4 members (excludes halogenated alkanes) is 4. The maximum absolute atomic E-state index is 6.91. The Bertz CT molecular complexity index is 1390. The van der Waals surface area contributed by atoms with Crippen molar-refractivity contribution in [3.63, 3.8) is 0 Å². The van der Waals surface area contributed by atoms with E-state index in [1.54, 1.807) is 0 Å². The summed E-state index contributed by atoms with van der Waals surface area (Å²) in [6.07, 6.45) is 7.21. The molecule has 0 spiro atoms. The lowest BCUT2D eigenvalue weighted by Gasteiger charge is -2.43. The molecule has 3 nitrogen and oxygen atoms in total. The van der Waals surface area contributed by atoms with Gasteiger partial charge in [-0.25, -0.2) is 0 Å². The first-order valence-corrected chi connectivity index (χ1v) is 24.5. The van der Waals surface area contributed by atoms with Crippen molar-refractivity contribution in [1.29, 1.82) is 0 Å². The monoisotopic (exact) mass is 835 g/mol. The van der Waals surface area contributed by atoms with Gasteiger partial charge in [-0.1, -0.05) is 206 Å². The Morgan fingerprint density at radius 2 is 0.804 bits per heavy atom. The highest BCUT2D eigenvalue weighted by molar-refractivity contribution is 14.1. The van der Waals surface area contributed by atoms with Crippen molar-refractivity contribution in [2.24, 2.45) is 0 Å². The van der Waals surface area contributed by atoms with E-state index in [0.717, 1.165) is 32.6 Å². The summed E-state index contributed by atoms with van der Waals surface area (Å²) in [5, 5.41) is 9.12. The highest BCUT2D eigenvalue weighted by Crippen LogP contribution is 2.38. The number of benzene rings is 4. The molecule has 278 valence electrons. The summed E-state index contributed by atoms with van der Waals surface area (Å²) in [4.78, 5) is 0. The summed E-state index contributed by atoms with van der Waals surface area (Å²) < 4.78 is 15.0. The van der Waals surface area contributed by atoms with Crippen molar-refractivity contribution in [3.8, 4) is 0 Å². The first-order chi connectivity index (χ1) is 24.4. The largest absolute Gasteiger partial charge is 0.407 e. The Morgan fingerprint density at radius 3 is 1.08 bits per heavy atom. The van der Waals surface area contributed by atoms with Crippen LogP contribution in [0.25, 0.3) is 0 Å². The fourth-order valence-corrected chi connectivity index (χ4v) is 16.9. The molecule has 0 heterocycles. The number of hydrogen-bond acceptors (Lipinski definition) is 3. The van der Waals surface area contributed by atoms with Gasteiger partial charge in [-0.3, -0.25) is 0 Å². The van der Waals surface area contributed by atoms with Gasteiger partial charge >= 0.3 is 0 Å². The molecule has 0 bridgehead atoms. The zero-order valence-corrected chi connectivity index (χ0v) is 37.0. The van der Waals surface area contributed by atoms with Gasteiger partial charge in [-0.05, 0) is 73.9 Å². The number of nitrogens with one attached hydrogen (secondary N) is 1. The molecule has 4 rings (SSSR count). The van der Waals surface area contributed by atoms with E-state index in [-0.39, 0.29) is 10.1 Å². The van der Waals surface area contributed by atoms with Gasteiger partial charge in [0.2, 0.25) is 0 Å². The number of halogens is 1. The molecule has 0 aliphatic rings. The molecule has 0 unspecified atom stereocenters. The molecule has 0 amide bonds. The standard InChI is InChI=1S/C24H37NOSi.C21H29IOSi/c1-21(2)25-19-13-8-14-20-26-27(24(3,4)5,22-15-9-6-10-16-22)23-17-11-7-12-18-23;1-21(2,3)24(19-13-7-4-8-14-19,20-15-9-5-10-16-20)23-18-12-6-11-17-22/h6-7,9-12,15-18,21,25H,8,13-14,19-20H2,1-5H3;4-5,7-10,13-16H,6,11-12,17-18H2,1-3H3. The SMILES string of the molecule is CC(C)(C)[Si](OCCCCCI)(c1ccccc1)c1ccccc1.CC(C)NCCCCCO[Si](c1ccccc1)(c1ccccc1)C(C)(C)C. The van der Waals surface area contributed by atoms with Gasteiger partial charge in [0.1, 0.15) is 0 Å². The normalized spacial score (nSPS) is 12.4. The van der Waals surface area contributed by atoms with Crippen molar-refractivity contribution in [3.05, 3.63) is 121 Å². The van der Waals surface area contributed by atoms with E-state index in [1.807, 2.05) is 0 Å². The lowest BCUT2D eigenvalue weighted by molar-refractivity contribution is 0.286. The quantitative estimate of drug-likeness (QED) is 0.0469. The predicted octanol–water partition coefficient (Wildman–Crippen LogP) is 9.90. The van der Waals surface area contributed by atoms with Crippen molar-refractivity contribution in [2.45, 2.75) is 110 Å². The number of rotatable bonds is 18. The molecular formula is C45H66INO2Si2. The molecule has 0 aliphatic carbocycles. The average Bonchev–Trinajstić information content (AvgIpc) is 3.12. The van der Waals surface area contributed by atoms with Gasteiger partial charge < -0.3 is 14.2 Å². The van der Waals surface area contributed by atoms with E-state index in [9.17, 15) is 0 Å². The van der Waals surface area contributed by atoms with Crippen LogP contribution in [0.3, 0.4) is 0 Å². The Kier molecular flexibility index (Phi) is 18.3. The second-order valence-corrected chi connectivity index (χ2v) is 25.6. The van der Waals surface area contributed by atoms with Crippen LogP contribution >= 0.6 is 22.6 Å². The van der Waals surface area contributed by atoms with Crippen LogP contribution in [0.4, 0.5) is 0 Å². The maximum atomic E-state index is 6.91. The Balaban J connectivity index is 0.000000277. The van der Waals surface area contributed by atoms with Crippen molar-refractivity contribution in [2.75, 3.05) is 24.2 Å². The molecule has 0 fully saturated rings. The van der Waals surface area contributed by atoms with Crippen molar-refractivity contribution in [1.82, 2.24) is 5.32 Å². The van der Waals surface area contributed by atoms with E-state index in [0.29, 0.717) is 6.04 Å². The summed E-state index contributed by atoms with van der Waals surface area (Å²) in [5.41, 5.74) is 0. The summed E-state index contributed by atoms with van der Waals surface area (Å²) in [5.74, 6) is 0. The molecule has 0 radical (unpaired) electrons. The minimum Gasteiger partial charge on any atom is -0.407 e. The molecule has 0 saturated carbocycles. The zero-order chi connectivity index (χ0) is 37.2. The second kappa shape index (κ2) is 21.6. The van der Waals surface area contributed by atoms with Crippen LogP contribution in [0.15, 0.2) is 121 Å². The van der Waals surface area contributed by atoms with Crippen molar-refractivity contribution < 1.29 is 8.85 Å². The molecule has 4 aromatic rings. The summed E-state index contributed by atoms with van der Waals surface area (Å²) >= 11 is 2.45. The average molecular weight is 836 g/mol. The smallest absolute Gasteiger partial charge is 0.261 e. The number of alkyl halides is 1. The third-order valence-electron chi connectivity index (χ3n) is 9.62. The van der Waals surface area contributed by atoms with Crippen LogP contribution in [-0.2, 0) is 8.85 Å². The third kappa shape index (κ3) is 12.2. The summed E-state index contributed by atoms with van der Waals surface area (Å²) in [6, 6.07) is 44.2. The van der Waals surface area contributed by atoms with Crippen LogP contribution in [0, 0.1) is 0 Å². The van der Waals surface area contributed by atoms with E-state index >= 15 is 0 Å². The molecule has 51 heavy (non-hydrogen) atoms. The van der Waals surface area contributed by atoms with Gasteiger partial charge in [0.05, 0.1) is 0 Å². The maximum Gasteiger partial charge on any atom is 0.261 e. The van der Waals surface area contributed by atoms with Crippen LogP contribution in [0.5, 0.6) is 0 Å². The van der Waals surface area contributed by atoms with E-state index in [1.165, 1.54) is 50.9 Å². The zero-order valence-electron chi connectivity index (χ0n) is 32.9. The van der Waals surface area contributed by atoms with Crippen molar-refractivity contribution >= 4 is 60.0 Å². The third-order valence-corrected chi connectivity index (χ3v) is 20.5. The molecule has 6 heteroatoms. The van der Waals surface area contributed by atoms with Gasteiger partial charge in [0.15, 0.2) is 0 Å². The molecule has 0 saturated heterocycles. The van der Waals surface area contributed by atoms with Gasteiger partial charge in [-0.15, -0.1) is 0 Å². The molecule has 0 atom stereocenters. The molecular weight excluding hydrogens is 770 g/mol. The highest BCUT2D eigenvalue weighted by atomic mass is 127. The number of hydrogen-bond donors (Lipinski definition) is 1. The van der Waals surface area contributed by atoms with Crippen LogP contribution in [0.1, 0.15) is 93.9 Å². The highest BCUT2D eigenvalue weighted by Gasteiger charge is 2.51. The van der Waals surface area contributed by atoms with E-state index in [4.69, 9.17) is 8.85 Å². The second-order valence-electron chi connectivity index (χ2n) is 15.9. The fraction of sp³-hybridized carbons (Fsp3) is 0.467. The van der Waals surface area contributed by atoms with Gasteiger partial charge in [-0.2, -0.15) is 0 Å². The molecule has 1 N–H and O–H groups in total. The fourth-order valence-electron chi connectivity index (χ4n) is 7.14. The molecule has 0 aliphatic heterocycles. The van der Waals surface area contributed by atoms with Crippen LogP contribution in [-0.4, -0.2) is 46.9 Å². The summed E-state index contributed by atoms with van der Waals surface area (Å²) in [7, 11) is -4.66. The molecule has 0 aromatic heterocycles. The summed E-state index contributed by atoms with van der Waals surface area (Å²) in [6.45, 7) is 21.2. The van der Waals surface area contributed by atoms with Gasteiger partial charge in [0, 0.05) is 19.3 Å². The minimum absolute atomic E-state index is 0.0644. The first-order valence-electron chi connectivity index (χ1n) is 19.2. The van der Waals surface area contributed by atoms with Crippen LogP contribution in [0.2, 0.25) is 10.1 Å². The van der Waals surface area contributed by atoms with E-state index < -0.39 is 16.6 Å². The first kappa shape index (κ1) is 43.3. The lowest BCUT2D eigenvalue weighted by Crippen LogP contribution is -2.66. The van der Waals surface area contributed by atoms with E-state index in [2.05, 4.69) is 205 Å². The van der Waals surface area contributed by atoms with Gasteiger partial charge in [0.25, 0.3) is 16.6 Å². The molecule has 4 aromatic carbocycles. The minimum atomic E-state index is -2.35. The predicted molar refractivity (Wildman–Crippen MR) is 237 cm³/mol. The Labute approximate surface area is 327 Å². The Morgan fingerprint density at radius 1 is 0.490 bits per heavy atom. The lowest BCUT2D eigenvalue weighted by atomic mass is 10.2.